The van der Waals surface area contributed by atoms with Gasteiger partial charge in [-0.05, 0) is 31.5 Å². The van der Waals surface area contributed by atoms with Crippen LogP contribution in [0.15, 0.2) is 30.5 Å². The summed E-state index contributed by atoms with van der Waals surface area (Å²) in [7, 11) is 0. The highest BCUT2D eigenvalue weighted by Gasteiger charge is 2.14. The number of hydrogen-bond acceptors (Lipinski definition) is 5. The van der Waals surface area contributed by atoms with Crippen LogP contribution in [-0.4, -0.2) is 16.5 Å². The first-order valence-electron chi connectivity index (χ1n) is 5.99. The van der Waals surface area contributed by atoms with Gasteiger partial charge in [0.1, 0.15) is 5.02 Å². The highest BCUT2D eigenvalue weighted by atomic mass is 35.5. The summed E-state index contributed by atoms with van der Waals surface area (Å²) < 4.78 is 0. The molecule has 0 unspecified atom stereocenters. The Kier molecular flexibility index (Phi) is 4.19. The van der Waals surface area contributed by atoms with E-state index in [2.05, 4.69) is 21.5 Å². The molecule has 0 bridgehead atoms. The third kappa shape index (κ3) is 2.94. The predicted molar refractivity (Wildman–Crippen MR) is 78.7 cm³/mol. The highest BCUT2D eigenvalue weighted by molar-refractivity contribution is 6.33. The van der Waals surface area contributed by atoms with Crippen molar-refractivity contribution in [3.8, 4) is 0 Å². The molecule has 1 aromatic heterocycles. The smallest absolute Gasteiger partial charge is 0.239 e. The van der Waals surface area contributed by atoms with E-state index < -0.39 is 0 Å². The fraction of sp³-hybridized carbons (Fsp3) is 0.231. The third-order valence-electron chi connectivity index (χ3n) is 2.74. The minimum atomic E-state index is 0.338. The summed E-state index contributed by atoms with van der Waals surface area (Å²) in [5.74, 6) is 6.31. The lowest BCUT2D eigenvalue weighted by atomic mass is 10.2. The van der Waals surface area contributed by atoms with Crippen LogP contribution in [0.3, 0.4) is 0 Å². The molecule has 0 saturated heterocycles. The summed E-state index contributed by atoms with van der Waals surface area (Å²) in [5.41, 5.74) is 4.64. The normalized spacial score (nSPS) is 10.3. The van der Waals surface area contributed by atoms with E-state index in [1.807, 2.05) is 36.9 Å². The standard InChI is InChI=1S/C13H16ClN5/c1-3-19(10-6-4-5-9(2)7-10)12-11(14)8-16-13(17-12)18-15/h4-8H,3,15H2,1-2H3,(H,16,17,18). The second-order valence-corrected chi connectivity index (χ2v) is 4.50. The molecule has 0 radical (unpaired) electrons. The van der Waals surface area contributed by atoms with Gasteiger partial charge < -0.3 is 4.90 Å². The monoisotopic (exact) mass is 277 g/mol. The summed E-state index contributed by atoms with van der Waals surface area (Å²) in [6, 6.07) is 8.15. The number of halogens is 1. The van der Waals surface area contributed by atoms with Crippen molar-refractivity contribution in [3.05, 3.63) is 41.0 Å². The van der Waals surface area contributed by atoms with Gasteiger partial charge in [-0.15, -0.1) is 0 Å². The van der Waals surface area contributed by atoms with Crippen molar-refractivity contribution in [1.29, 1.82) is 0 Å². The van der Waals surface area contributed by atoms with Crippen LogP contribution in [0.2, 0.25) is 5.02 Å². The van der Waals surface area contributed by atoms with Gasteiger partial charge in [-0.2, -0.15) is 4.98 Å². The number of aryl methyl sites for hydroxylation is 1. The molecule has 3 N–H and O–H groups in total. The number of benzene rings is 1. The molecule has 2 aromatic rings. The molecule has 6 heteroatoms. The van der Waals surface area contributed by atoms with Gasteiger partial charge in [-0.25, -0.2) is 10.8 Å². The Morgan fingerprint density at radius 1 is 1.42 bits per heavy atom. The molecule has 0 saturated carbocycles. The van der Waals surface area contributed by atoms with Gasteiger partial charge in [0.25, 0.3) is 0 Å². The molecule has 1 heterocycles. The summed E-state index contributed by atoms with van der Waals surface area (Å²) >= 11 is 6.18. The van der Waals surface area contributed by atoms with Crippen molar-refractivity contribution < 1.29 is 0 Å². The summed E-state index contributed by atoms with van der Waals surface area (Å²) in [6.07, 6.45) is 1.54. The van der Waals surface area contributed by atoms with Gasteiger partial charge in [0.2, 0.25) is 5.95 Å². The lowest BCUT2D eigenvalue weighted by Crippen LogP contribution is -2.20. The number of nitrogen functional groups attached to an aromatic ring is 1. The zero-order valence-corrected chi connectivity index (χ0v) is 11.6. The minimum Gasteiger partial charge on any atom is -0.325 e. The van der Waals surface area contributed by atoms with Gasteiger partial charge in [0, 0.05) is 12.2 Å². The van der Waals surface area contributed by atoms with Crippen LogP contribution in [0.5, 0.6) is 0 Å². The van der Waals surface area contributed by atoms with Crippen LogP contribution in [0.1, 0.15) is 12.5 Å². The van der Waals surface area contributed by atoms with Crippen molar-refractivity contribution in [1.82, 2.24) is 9.97 Å². The Hall–Kier alpha value is -1.85. The third-order valence-corrected chi connectivity index (χ3v) is 3.01. The van der Waals surface area contributed by atoms with Crippen LogP contribution in [0, 0.1) is 6.92 Å². The molecule has 0 aliphatic rings. The molecule has 5 nitrogen and oxygen atoms in total. The molecule has 100 valence electrons. The summed E-state index contributed by atoms with van der Waals surface area (Å²) in [5, 5.41) is 0.488. The number of anilines is 3. The maximum absolute atomic E-state index is 6.18. The van der Waals surface area contributed by atoms with E-state index in [4.69, 9.17) is 17.4 Å². The van der Waals surface area contributed by atoms with Gasteiger partial charge >= 0.3 is 0 Å². The van der Waals surface area contributed by atoms with Crippen molar-refractivity contribution in [3.63, 3.8) is 0 Å². The zero-order valence-electron chi connectivity index (χ0n) is 10.9. The average molecular weight is 278 g/mol. The predicted octanol–water partition coefficient (Wildman–Crippen LogP) is 2.88. The van der Waals surface area contributed by atoms with Gasteiger partial charge in [0.15, 0.2) is 5.82 Å². The quantitative estimate of drug-likeness (QED) is 0.664. The Bertz CT molecular complexity index is 573. The first kappa shape index (κ1) is 13.6. The van der Waals surface area contributed by atoms with E-state index in [-0.39, 0.29) is 0 Å². The van der Waals surface area contributed by atoms with Crippen LogP contribution in [-0.2, 0) is 0 Å². The van der Waals surface area contributed by atoms with Crippen LogP contribution >= 0.6 is 11.6 Å². The Balaban J connectivity index is 2.47. The Morgan fingerprint density at radius 2 is 2.21 bits per heavy atom. The van der Waals surface area contributed by atoms with E-state index in [9.17, 15) is 0 Å². The van der Waals surface area contributed by atoms with Crippen LogP contribution in [0.25, 0.3) is 0 Å². The van der Waals surface area contributed by atoms with Crippen molar-refractivity contribution in [2.75, 3.05) is 16.9 Å². The molecule has 0 spiro atoms. The number of nitrogens with one attached hydrogen (secondary N) is 1. The molecule has 0 aliphatic heterocycles. The number of hydrogen-bond donors (Lipinski definition) is 2. The maximum atomic E-state index is 6.18. The Labute approximate surface area is 117 Å². The SMILES string of the molecule is CCN(c1cccc(C)c1)c1nc(NN)ncc1Cl. The molecule has 0 fully saturated rings. The van der Waals surface area contributed by atoms with E-state index in [1.165, 1.54) is 11.8 Å². The Morgan fingerprint density at radius 3 is 2.84 bits per heavy atom. The number of rotatable bonds is 4. The second kappa shape index (κ2) is 5.86. The van der Waals surface area contributed by atoms with Crippen molar-refractivity contribution in [2.24, 2.45) is 5.84 Å². The zero-order chi connectivity index (χ0) is 13.8. The number of nitrogens with two attached hydrogens (primary N) is 1. The molecule has 19 heavy (non-hydrogen) atoms. The average Bonchev–Trinajstić information content (AvgIpc) is 2.42. The number of aromatic nitrogens is 2. The second-order valence-electron chi connectivity index (χ2n) is 4.09. The lowest BCUT2D eigenvalue weighted by Gasteiger charge is -2.23. The molecule has 0 amide bonds. The highest BCUT2D eigenvalue weighted by Crippen LogP contribution is 2.30. The van der Waals surface area contributed by atoms with Crippen LogP contribution in [0.4, 0.5) is 17.5 Å². The van der Waals surface area contributed by atoms with E-state index in [0.717, 1.165) is 12.2 Å². The van der Waals surface area contributed by atoms with Gasteiger partial charge in [0.05, 0.1) is 6.20 Å². The fourth-order valence-corrected chi connectivity index (χ4v) is 2.06. The lowest BCUT2D eigenvalue weighted by molar-refractivity contribution is 0.972. The van der Waals surface area contributed by atoms with Gasteiger partial charge in [-0.3, -0.25) is 5.43 Å². The van der Waals surface area contributed by atoms with Crippen molar-refractivity contribution in [2.45, 2.75) is 13.8 Å². The molecular weight excluding hydrogens is 262 g/mol. The van der Waals surface area contributed by atoms with E-state index in [0.29, 0.717) is 16.8 Å². The molecule has 0 atom stereocenters. The van der Waals surface area contributed by atoms with Crippen LogP contribution < -0.4 is 16.2 Å². The number of nitrogens with zero attached hydrogens (tertiary/aromatic N) is 3. The molecule has 0 aliphatic carbocycles. The first-order chi connectivity index (χ1) is 9.15. The fourth-order valence-electron chi connectivity index (χ4n) is 1.87. The minimum absolute atomic E-state index is 0.338. The molecule has 2 rings (SSSR count). The van der Waals surface area contributed by atoms with Crippen molar-refractivity contribution >= 4 is 29.1 Å². The molecule has 1 aromatic carbocycles. The molecular formula is C13H16ClN5. The summed E-state index contributed by atoms with van der Waals surface area (Å²) in [6.45, 7) is 4.83. The first-order valence-corrected chi connectivity index (χ1v) is 6.37. The van der Waals surface area contributed by atoms with Gasteiger partial charge in [-0.1, -0.05) is 23.7 Å². The topological polar surface area (TPSA) is 67.1 Å². The maximum Gasteiger partial charge on any atom is 0.239 e. The summed E-state index contributed by atoms with van der Waals surface area (Å²) in [4.78, 5) is 10.3. The van der Waals surface area contributed by atoms with E-state index in [1.54, 1.807) is 0 Å². The largest absolute Gasteiger partial charge is 0.325 e. The number of hydrazine groups is 1. The van der Waals surface area contributed by atoms with E-state index >= 15 is 0 Å².